The fraction of sp³-hybridized carbons (Fsp3) is 0.300. The molecule has 1 atom stereocenters. The van der Waals surface area contributed by atoms with Crippen molar-refractivity contribution >= 4 is 34.3 Å². The van der Waals surface area contributed by atoms with E-state index in [9.17, 15) is 4.79 Å². The summed E-state index contributed by atoms with van der Waals surface area (Å²) in [6, 6.07) is 5.19. The van der Waals surface area contributed by atoms with Gasteiger partial charge in [-0.25, -0.2) is 0 Å². The van der Waals surface area contributed by atoms with E-state index in [1.54, 1.807) is 32.2 Å². The van der Waals surface area contributed by atoms with Crippen LogP contribution >= 0.6 is 28.6 Å². The summed E-state index contributed by atoms with van der Waals surface area (Å²) in [6.07, 6.45) is 0. The molecular formula is C10H11BrO2S. The van der Waals surface area contributed by atoms with Gasteiger partial charge >= 0.3 is 0 Å². The van der Waals surface area contributed by atoms with E-state index in [0.29, 0.717) is 16.2 Å². The van der Waals surface area contributed by atoms with Crippen LogP contribution in [0.5, 0.6) is 5.75 Å². The second-order valence-electron chi connectivity index (χ2n) is 2.87. The molecule has 1 aromatic carbocycles. The molecule has 4 heteroatoms. The molecule has 0 saturated carbocycles. The number of carbonyl (C=O) groups excluding carboxylic acids is 1. The lowest BCUT2D eigenvalue weighted by atomic mass is 10.1. The van der Waals surface area contributed by atoms with Crippen molar-refractivity contribution in [3.8, 4) is 5.75 Å². The van der Waals surface area contributed by atoms with E-state index in [2.05, 4.69) is 28.6 Å². The average molecular weight is 275 g/mol. The molecule has 0 aromatic heterocycles. The fourth-order valence-electron chi connectivity index (χ4n) is 1.07. The van der Waals surface area contributed by atoms with Crippen molar-refractivity contribution in [3.63, 3.8) is 0 Å². The number of benzene rings is 1. The highest BCUT2D eigenvalue weighted by Crippen LogP contribution is 2.24. The van der Waals surface area contributed by atoms with Crippen LogP contribution in [0.4, 0.5) is 0 Å². The summed E-state index contributed by atoms with van der Waals surface area (Å²) in [5, 5.41) is 0. The number of rotatable bonds is 3. The number of ketones is 1. The summed E-state index contributed by atoms with van der Waals surface area (Å²) in [7, 11) is 1.57. The number of thiol groups is 1. The normalized spacial score (nSPS) is 12.3. The van der Waals surface area contributed by atoms with Crippen molar-refractivity contribution < 1.29 is 9.53 Å². The molecule has 1 rings (SSSR count). The Morgan fingerprint density at radius 1 is 1.57 bits per heavy atom. The van der Waals surface area contributed by atoms with E-state index in [4.69, 9.17) is 4.74 Å². The minimum absolute atomic E-state index is 0.0444. The van der Waals surface area contributed by atoms with Gasteiger partial charge in [0.15, 0.2) is 5.78 Å². The predicted octanol–water partition coefficient (Wildman–Crippen LogP) is 2.95. The Morgan fingerprint density at radius 2 is 2.21 bits per heavy atom. The van der Waals surface area contributed by atoms with Gasteiger partial charge in [-0.15, -0.1) is 12.6 Å². The topological polar surface area (TPSA) is 26.3 Å². The second kappa shape index (κ2) is 4.84. The number of Topliss-reactive ketones (excluding diaryl/α,β-unsaturated/α-hetero) is 1. The molecule has 0 aliphatic carbocycles. The van der Waals surface area contributed by atoms with Gasteiger partial charge < -0.3 is 4.74 Å². The molecule has 14 heavy (non-hydrogen) atoms. The predicted molar refractivity (Wildman–Crippen MR) is 63.0 cm³/mol. The minimum atomic E-state index is -0.177. The SMILES string of the molecule is COc1ccc(C(=O)C(C)Br)cc1S. The first-order chi connectivity index (χ1) is 6.56. The summed E-state index contributed by atoms with van der Waals surface area (Å²) >= 11 is 7.45. The van der Waals surface area contributed by atoms with Crippen LogP contribution in [-0.4, -0.2) is 17.7 Å². The number of hydrogen-bond donors (Lipinski definition) is 1. The van der Waals surface area contributed by atoms with Crippen LogP contribution in [0, 0.1) is 0 Å². The number of hydrogen-bond acceptors (Lipinski definition) is 3. The summed E-state index contributed by atoms with van der Waals surface area (Å²) in [4.78, 5) is 12.1. The van der Waals surface area contributed by atoms with Crippen LogP contribution in [0.25, 0.3) is 0 Å². The van der Waals surface area contributed by atoms with E-state index in [1.807, 2.05) is 0 Å². The highest BCUT2D eigenvalue weighted by Gasteiger charge is 2.12. The van der Waals surface area contributed by atoms with E-state index in [1.165, 1.54) is 0 Å². The molecule has 0 aliphatic heterocycles. The Bertz CT molecular complexity index is 350. The number of alkyl halides is 1. The maximum absolute atomic E-state index is 11.6. The van der Waals surface area contributed by atoms with Crippen molar-refractivity contribution in [2.75, 3.05) is 7.11 Å². The van der Waals surface area contributed by atoms with Crippen LogP contribution in [-0.2, 0) is 0 Å². The third-order valence-corrected chi connectivity index (χ3v) is 2.59. The number of ether oxygens (including phenoxy) is 1. The summed E-state index contributed by atoms with van der Waals surface area (Å²) in [5.41, 5.74) is 0.639. The fourth-order valence-corrected chi connectivity index (χ4v) is 1.64. The van der Waals surface area contributed by atoms with Crippen LogP contribution in [0.3, 0.4) is 0 Å². The van der Waals surface area contributed by atoms with Gasteiger partial charge in [0, 0.05) is 10.5 Å². The molecule has 0 amide bonds. The highest BCUT2D eigenvalue weighted by molar-refractivity contribution is 9.10. The third-order valence-electron chi connectivity index (χ3n) is 1.82. The Hall–Kier alpha value is -0.480. The van der Waals surface area contributed by atoms with E-state index >= 15 is 0 Å². The smallest absolute Gasteiger partial charge is 0.176 e. The lowest BCUT2D eigenvalue weighted by molar-refractivity contribution is 0.0995. The van der Waals surface area contributed by atoms with Gasteiger partial charge in [-0.1, -0.05) is 15.9 Å². The van der Waals surface area contributed by atoms with Gasteiger partial charge in [-0.2, -0.15) is 0 Å². The molecule has 0 radical (unpaired) electrons. The minimum Gasteiger partial charge on any atom is -0.496 e. The molecule has 2 nitrogen and oxygen atoms in total. The third kappa shape index (κ3) is 2.51. The largest absolute Gasteiger partial charge is 0.496 e. The zero-order valence-electron chi connectivity index (χ0n) is 7.95. The van der Waals surface area contributed by atoms with Crippen LogP contribution in [0.2, 0.25) is 0 Å². The molecule has 1 unspecified atom stereocenters. The second-order valence-corrected chi connectivity index (χ2v) is 4.72. The van der Waals surface area contributed by atoms with E-state index in [-0.39, 0.29) is 10.6 Å². The molecular weight excluding hydrogens is 264 g/mol. The maximum Gasteiger partial charge on any atom is 0.176 e. The van der Waals surface area contributed by atoms with Gasteiger partial charge in [-0.05, 0) is 25.1 Å². The Morgan fingerprint density at radius 3 is 2.64 bits per heavy atom. The molecule has 0 spiro atoms. The lowest BCUT2D eigenvalue weighted by Crippen LogP contribution is -2.09. The molecule has 0 heterocycles. The molecule has 76 valence electrons. The van der Waals surface area contributed by atoms with Gasteiger partial charge in [0.25, 0.3) is 0 Å². The lowest BCUT2D eigenvalue weighted by Gasteiger charge is -2.07. The molecule has 0 saturated heterocycles. The Labute approximate surface area is 97.2 Å². The molecule has 1 aromatic rings. The zero-order chi connectivity index (χ0) is 10.7. The summed E-state index contributed by atoms with van der Waals surface area (Å²) < 4.78 is 5.04. The van der Waals surface area contributed by atoms with Crippen molar-refractivity contribution in [1.29, 1.82) is 0 Å². The zero-order valence-corrected chi connectivity index (χ0v) is 10.4. The van der Waals surface area contributed by atoms with Gasteiger partial charge in [-0.3, -0.25) is 4.79 Å². The number of methoxy groups -OCH3 is 1. The van der Waals surface area contributed by atoms with Crippen LogP contribution in [0.15, 0.2) is 23.1 Å². The molecule has 0 N–H and O–H groups in total. The Kier molecular flexibility index (Phi) is 4.01. The quantitative estimate of drug-likeness (QED) is 0.521. The molecule has 0 bridgehead atoms. The average Bonchev–Trinajstić information content (AvgIpc) is 2.16. The van der Waals surface area contributed by atoms with E-state index < -0.39 is 0 Å². The van der Waals surface area contributed by atoms with Gasteiger partial charge in [0.1, 0.15) is 5.75 Å². The van der Waals surface area contributed by atoms with Crippen LogP contribution < -0.4 is 4.74 Å². The summed E-state index contributed by atoms with van der Waals surface area (Å²) in [5.74, 6) is 0.718. The molecule has 0 fully saturated rings. The molecule has 0 aliphatic rings. The maximum atomic E-state index is 11.6. The van der Waals surface area contributed by atoms with Crippen molar-refractivity contribution in [2.45, 2.75) is 16.6 Å². The van der Waals surface area contributed by atoms with Gasteiger partial charge in [0.05, 0.1) is 11.9 Å². The van der Waals surface area contributed by atoms with E-state index in [0.717, 1.165) is 0 Å². The summed E-state index contributed by atoms with van der Waals surface area (Å²) in [6.45, 7) is 1.80. The first-order valence-electron chi connectivity index (χ1n) is 4.11. The first kappa shape index (κ1) is 11.6. The number of carbonyl (C=O) groups is 1. The number of halogens is 1. The van der Waals surface area contributed by atoms with Crippen molar-refractivity contribution in [3.05, 3.63) is 23.8 Å². The van der Waals surface area contributed by atoms with Gasteiger partial charge in [0.2, 0.25) is 0 Å². The van der Waals surface area contributed by atoms with Crippen molar-refractivity contribution in [2.24, 2.45) is 0 Å². The standard InChI is InChI=1S/C10H11BrO2S/c1-6(11)10(12)7-3-4-8(13-2)9(14)5-7/h3-6,14H,1-2H3. The highest BCUT2D eigenvalue weighted by atomic mass is 79.9. The van der Waals surface area contributed by atoms with Crippen LogP contribution in [0.1, 0.15) is 17.3 Å². The Balaban J connectivity index is 3.03. The monoisotopic (exact) mass is 274 g/mol. The van der Waals surface area contributed by atoms with Crippen molar-refractivity contribution in [1.82, 2.24) is 0 Å². The first-order valence-corrected chi connectivity index (χ1v) is 5.48.